The number of nitrogen functional groups attached to an aromatic ring is 1. The largest absolute Gasteiger partial charge is 0.444 e. The Morgan fingerprint density at radius 3 is 2.48 bits per heavy atom. The zero-order valence-corrected chi connectivity index (χ0v) is 12.9. The predicted molar refractivity (Wildman–Crippen MR) is 80.7 cm³/mol. The van der Waals surface area contributed by atoms with Crippen LogP contribution in [0.25, 0.3) is 0 Å². The van der Waals surface area contributed by atoms with Crippen molar-refractivity contribution in [3.05, 3.63) is 29.8 Å². The van der Waals surface area contributed by atoms with Crippen LogP contribution in [0.3, 0.4) is 0 Å². The van der Waals surface area contributed by atoms with Crippen molar-refractivity contribution >= 4 is 11.8 Å². The molecule has 5 heteroatoms. The van der Waals surface area contributed by atoms with Gasteiger partial charge in [-0.1, -0.05) is 12.1 Å². The van der Waals surface area contributed by atoms with Gasteiger partial charge in [0.15, 0.2) is 0 Å². The summed E-state index contributed by atoms with van der Waals surface area (Å²) in [5.41, 5.74) is 4.91. The van der Waals surface area contributed by atoms with Gasteiger partial charge in [-0.25, -0.2) is 9.18 Å². The van der Waals surface area contributed by atoms with E-state index in [0.717, 1.165) is 0 Å². The number of likely N-dealkylation sites (tertiary alicyclic amines) is 1. The number of halogens is 1. The summed E-state index contributed by atoms with van der Waals surface area (Å²) in [7, 11) is 0. The maximum atomic E-state index is 15.0. The number of rotatable bonds is 1. The first-order chi connectivity index (χ1) is 9.70. The van der Waals surface area contributed by atoms with E-state index in [-0.39, 0.29) is 18.9 Å². The van der Waals surface area contributed by atoms with Gasteiger partial charge in [0, 0.05) is 31.6 Å². The van der Waals surface area contributed by atoms with Crippen LogP contribution in [0, 0.1) is 0 Å². The monoisotopic (exact) mass is 294 g/mol. The lowest BCUT2D eigenvalue weighted by Gasteiger charge is -2.37. The molecule has 0 aromatic heterocycles. The molecule has 21 heavy (non-hydrogen) atoms. The molecule has 2 rings (SSSR count). The second kappa shape index (κ2) is 5.54. The summed E-state index contributed by atoms with van der Waals surface area (Å²) in [4.78, 5) is 13.5. The van der Waals surface area contributed by atoms with Crippen molar-refractivity contribution in [1.29, 1.82) is 0 Å². The Balaban J connectivity index is 2.01. The Morgan fingerprint density at radius 1 is 1.33 bits per heavy atom. The molecule has 4 nitrogen and oxygen atoms in total. The van der Waals surface area contributed by atoms with Crippen molar-refractivity contribution in [2.24, 2.45) is 0 Å². The molecule has 0 spiro atoms. The van der Waals surface area contributed by atoms with E-state index in [2.05, 4.69) is 0 Å². The lowest BCUT2D eigenvalue weighted by Crippen LogP contribution is -2.45. The number of anilines is 1. The summed E-state index contributed by atoms with van der Waals surface area (Å²) < 4.78 is 20.3. The fraction of sp³-hybridized carbons (Fsp3) is 0.562. The number of nitrogens with two attached hydrogens (primary N) is 1. The highest BCUT2D eigenvalue weighted by molar-refractivity contribution is 5.68. The third-order valence-corrected chi connectivity index (χ3v) is 3.61. The highest BCUT2D eigenvalue weighted by Crippen LogP contribution is 2.37. The minimum Gasteiger partial charge on any atom is -0.444 e. The molecule has 2 N–H and O–H groups in total. The number of ether oxygens (including phenoxy) is 1. The van der Waals surface area contributed by atoms with Crippen LogP contribution in [0.5, 0.6) is 0 Å². The number of piperidine rings is 1. The average molecular weight is 294 g/mol. The van der Waals surface area contributed by atoms with E-state index in [4.69, 9.17) is 10.5 Å². The molecule has 0 aliphatic carbocycles. The fourth-order valence-electron chi connectivity index (χ4n) is 2.48. The SMILES string of the molecule is CC(C)(C)OC(=O)N1CCC(F)(c2cccc(N)c2)CC1. The molecule has 1 amide bonds. The van der Waals surface area contributed by atoms with E-state index < -0.39 is 11.3 Å². The van der Waals surface area contributed by atoms with E-state index >= 15 is 4.39 Å². The van der Waals surface area contributed by atoms with E-state index in [1.54, 1.807) is 29.2 Å². The van der Waals surface area contributed by atoms with Gasteiger partial charge < -0.3 is 15.4 Å². The predicted octanol–water partition coefficient (Wildman–Crippen LogP) is 3.46. The lowest BCUT2D eigenvalue weighted by molar-refractivity contribution is 0.00221. The van der Waals surface area contributed by atoms with E-state index in [1.165, 1.54) is 0 Å². The van der Waals surface area contributed by atoms with Gasteiger partial charge in [0.25, 0.3) is 0 Å². The molecule has 1 saturated heterocycles. The van der Waals surface area contributed by atoms with E-state index in [0.29, 0.717) is 24.3 Å². The Bertz CT molecular complexity index is 517. The topological polar surface area (TPSA) is 55.6 Å². The van der Waals surface area contributed by atoms with Crippen LogP contribution in [-0.4, -0.2) is 29.7 Å². The first-order valence-corrected chi connectivity index (χ1v) is 7.22. The third kappa shape index (κ3) is 3.86. The van der Waals surface area contributed by atoms with Crippen molar-refractivity contribution in [2.75, 3.05) is 18.8 Å². The molecule has 1 aromatic carbocycles. The number of carbonyl (C=O) groups is 1. The van der Waals surface area contributed by atoms with Crippen LogP contribution in [0.1, 0.15) is 39.2 Å². The minimum absolute atomic E-state index is 0.260. The molecule has 1 aliphatic rings. The van der Waals surface area contributed by atoms with Crippen molar-refractivity contribution in [2.45, 2.75) is 44.9 Å². The highest BCUT2D eigenvalue weighted by Gasteiger charge is 2.38. The second-order valence-electron chi connectivity index (χ2n) is 6.56. The van der Waals surface area contributed by atoms with Gasteiger partial charge in [-0.15, -0.1) is 0 Å². The molecule has 0 unspecified atom stereocenters. The quantitative estimate of drug-likeness (QED) is 0.807. The number of alkyl halides is 1. The minimum atomic E-state index is -1.42. The molecular weight excluding hydrogens is 271 g/mol. The fourth-order valence-corrected chi connectivity index (χ4v) is 2.48. The van der Waals surface area contributed by atoms with E-state index in [1.807, 2.05) is 20.8 Å². The zero-order valence-electron chi connectivity index (χ0n) is 12.9. The number of hydrogen-bond donors (Lipinski definition) is 1. The summed E-state index contributed by atoms with van der Waals surface area (Å²) in [6.45, 7) is 6.16. The normalized spacial score (nSPS) is 18.4. The summed E-state index contributed by atoms with van der Waals surface area (Å²) in [6.07, 6.45) is 0.142. The molecule has 0 bridgehead atoms. The molecule has 0 saturated carbocycles. The lowest BCUT2D eigenvalue weighted by atomic mass is 9.86. The van der Waals surface area contributed by atoms with Crippen LogP contribution >= 0.6 is 0 Å². The number of nitrogens with zero attached hydrogens (tertiary/aromatic N) is 1. The zero-order chi connectivity index (χ0) is 15.7. The van der Waals surface area contributed by atoms with Gasteiger partial charge >= 0.3 is 6.09 Å². The Labute approximate surface area is 125 Å². The number of carbonyl (C=O) groups excluding carboxylic acids is 1. The maximum absolute atomic E-state index is 15.0. The first-order valence-electron chi connectivity index (χ1n) is 7.22. The van der Waals surface area contributed by atoms with Gasteiger partial charge in [0.05, 0.1) is 0 Å². The Kier molecular flexibility index (Phi) is 4.12. The molecule has 0 radical (unpaired) electrons. The van der Waals surface area contributed by atoms with Crippen LogP contribution in [-0.2, 0) is 10.4 Å². The molecule has 1 heterocycles. The summed E-state index contributed by atoms with van der Waals surface area (Å²) >= 11 is 0. The number of amides is 1. The maximum Gasteiger partial charge on any atom is 0.410 e. The molecule has 1 aliphatic heterocycles. The van der Waals surface area contributed by atoms with E-state index in [9.17, 15) is 4.79 Å². The van der Waals surface area contributed by atoms with Crippen molar-refractivity contribution in [1.82, 2.24) is 4.90 Å². The molecule has 0 atom stereocenters. The molecule has 116 valence electrons. The van der Waals surface area contributed by atoms with Gasteiger partial charge in [0.2, 0.25) is 0 Å². The van der Waals surface area contributed by atoms with Gasteiger partial charge in [-0.2, -0.15) is 0 Å². The molecular formula is C16H23FN2O2. The van der Waals surface area contributed by atoms with Crippen molar-refractivity contribution in [3.63, 3.8) is 0 Å². The van der Waals surface area contributed by atoms with Gasteiger partial charge in [-0.05, 0) is 38.5 Å². The first kappa shape index (κ1) is 15.6. The summed E-state index contributed by atoms with van der Waals surface area (Å²) in [5.74, 6) is 0. The summed E-state index contributed by atoms with van der Waals surface area (Å²) in [5, 5.41) is 0. The standard InChI is InChI=1S/C16H23FN2O2/c1-15(2,3)21-14(20)19-9-7-16(17,8-10-19)12-5-4-6-13(18)11-12/h4-6,11H,7-10,18H2,1-3H3. The number of benzene rings is 1. The smallest absolute Gasteiger partial charge is 0.410 e. The van der Waals surface area contributed by atoms with Crippen LogP contribution in [0.4, 0.5) is 14.9 Å². The van der Waals surface area contributed by atoms with Crippen LogP contribution < -0.4 is 5.73 Å². The summed E-state index contributed by atoms with van der Waals surface area (Å²) in [6, 6.07) is 6.91. The third-order valence-electron chi connectivity index (χ3n) is 3.61. The highest BCUT2D eigenvalue weighted by atomic mass is 19.1. The second-order valence-corrected chi connectivity index (χ2v) is 6.56. The molecule has 1 fully saturated rings. The average Bonchev–Trinajstić information content (AvgIpc) is 2.37. The van der Waals surface area contributed by atoms with Crippen LogP contribution in [0.15, 0.2) is 24.3 Å². The molecule has 1 aromatic rings. The van der Waals surface area contributed by atoms with Crippen molar-refractivity contribution < 1.29 is 13.9 Å². The Hall–Kier alpha value is -1.78. The van der Waals surface area contributed by atoms with Crippen molar-refractivity contribution in [3.8, 4) is 0 Å². The van der Waals surface area contributed by atoms with Gasteiger partial charge in [0.1, 0.15) is 11.3 Å². The Morgan fingerprint density at radius 2 is 1.95 bits per heavy atom. The van der Waals surface area contributed by atoms with Gasteiger partial charge in [-0.3, -0.25) is 0 Å². The number of hydrogen-bond acceptors (Lipinski definition) is 3. The van der Waals surface area contributed by atoms with Crippen LogP contribution in [0.2, 0.25) is 0 Å².